The van der Waals surface area contributed by atoms with Crippen molar-refractivity contribution in [1.29, 1.82) is 0 Å². The maximum absolute atomic E-state index is 14.1. The average Bonchev–Trinajstić information content (AvgIpc) is 3.05. The van der Waals surface area contributed by atoms with Gasteiger partial charge in [-0.1, -0.05) is 11.6 Å². The number of nitrogens with one attached hydrogen (secondary N) is 1. The number of carbonyl (C=O) groups is 2. The first-order valence-electron chi connectivity index (χ1n) is 8.27. The van der Waals surface area contributed by atoms with Gasteiger partial charge in [-0.3, -0.25) is 9.59 Å². The first-order valence-corrected chi connectivity index (χ1v) is 8.65. The number of benzene rings is 2. The molecule has 1 amide bonds. The summed E-state index contributed by atoms with van der Waals surface area (Å²) in [6.07, 6.45) is -0.685. The number of hydrogen-bond donors (Lipinski definition) is 3. The Morgan fingerprint density at radius 1 is 1.14 bits per heavy atom. The van der Waals surface area contributed by atoms with E-state index in [-0.39, 0.29) is 17.1 Å². The van der Waals surface area contributed by atoms with Crippen LogP contribution in [0.1, 0.15) is 28.5 Å². The Kier molecular flexibility index (Phi) is 5.79. The number of nitrogens with zero attached hydrogens (tertiary/aromatic N) is 2. The standard InChI is InChI=1S/C19H14ClF2N3O4/c20-10-1-4-12(5-2-10)25-17(26)8-16(24-25)19(29)23-15(9-18(27)28)13-7-11(21)3-6-14(13)22/h1-8,15,26H,9H2,(H,23,29)(H,27,28). The lowest BCUT2D eigenvalue weighted by Gasteiger charge is -2.17. The minimum absolute atomic E-state index is 0.246. The van der Waals surface area contributed by atoms with Gasteiger partial charge in [-0.2, -0.15) is 5.10 Å². The molecule has 1 aromatic heterocycles. The summed E-state index contributed by atoms with van der Waals surface area (Å²) in [6, 6.07) is 8.49. The highest BCUT2D eigenvalue weighted by molar-refractivity contribution is 6.30. The minimum atomic E-state index is -1.35. The Morgan fingerprint density at radius 3 is 2.48 bits per heavy atom. The first kappa shape index (κ1) is 20.3. The van der Waals surface area contributed by atoms with Gasteiger partial charge >= 0.3 is 5.97 Å². The van der Waals surface area contributed by atoms with Gasteiger partial charge in [0.05, 0.1) is 18.2 Å². The fraction of sp³-hybridized carbons (Fsp3) is 0.105. The summed E-state index contributed by atoms with van der Waals surface area (Å²) in [4.78, 5) is 23.7. The van der Waals surface area contributed by atoms with E-state index < -0.39 is 36.0 Å². The lowest BCUT2D eigenvalue weighted by atomic mass is 10.0. The molecule has 3 aromatic rings. The lowest BCUT2D eigenvalue weighted by molar-refractivity contribution is -0.137. The summed E-state index contributed by atoms with van der Waals surface area (Å²) in [5, 5.41) is 25.9. The summed E-state index contributed by atoms with van der Waals surface area (Å²) in [6.45, 7) is 0. The van der Waals surface area contributed by atoms with Gasteiger partial charge in [0.2, 0.25) is 5.88 Å². The van der Waals surface area contributed by atoms with Gasteiger partial charge in [-0.25, -0.2) is 13.5 Å². The van der Waals surface area contributed by atoms with Crippen LogP contribution in [0.5, 0.6) is 5.88 Å². The van der Waals surface area contributed by atoms with E-state index >= 15 is 0 Å². The highest BCUT2D eigenvalue weighted by Crippen LogP contribution is 2.24. The number of carbonyl (C=O) groups excluding carboxylic acids is 1. The zero-order chi connectivity index (χ0) is 21.1. The molecule has 0 aliphatic carbocycles. The molecule has 1 atom stereocenters. The van der Waals surface area contributed by atoms with Crippen LogP contribution in [0.15, 0.2) is 48.5 Å². The van der Waals surface area contributed by atoms with E-state index in [4.69, 9.17) is 16.7 Å². The SMILES string of the molecule is O=C(O)CC(NC(=O)c1cc(O)n(-c2ccc(Cl)cc2)n1)c1cc(F)ccc1F. The molecule has 3 rings (SSSR count). The van der Waals surface area contributed by atoms with Crippen molar-refractivity contribution < 1.29 is 28.6 Å². The number of aromatic hydroxyl groups is 1. The third kappa shape index (κ3) is 4.69. The molecule has 0 saturated carbocycles. The summed E-state index contributed by atoms with van der Waals surface area (Å²) in [7, 11) is 0. The van der Waals surface area contributed by atoms with E-state index in [1.807, 2.05) is 0 Å². The molecule has 0 radical (unpaired) electrons. The van der Waals surface area contributed by atoms with E-state index in [0.717, 1.165) is 28.9 Å². The van der Waals surface area contributed by atoms with Crippen LogP contribution in [0.4, 0.5) is 8.78 Å². The molecule has 0 aliphatic heterocycles. The number of aliphatic carboxylic acids is 1. The Bertz CT molecular complexity index is 1070. The highest BCUT2D eigenvalue weighted by Gasteiger charge is 2.24. The quantitative estimate of drug-likeness (QED) is 0.565. The van der Waals surface area contributed by atoms with Crippen molar-refractivity contribution >= 4 is 23.5 Å². The van der Waals surface area contributed by atoms with Crippen LogP contribution >= 0.6 is 11.6 Å². The van der Waals surface area contributed by atoms with Gasteiger partial charge < -0.3 is 15.5 Å². The topological polar surface area (TPSA) is 104 Å². The lowest BCUT2D eigenvalue weighted by Crippen LogP contribution is -2.31. The molecule has 150 valence electrons. The van der Waals surface area contributed by atoms with Crippen LogP contribution in [-0.4, -0.2) is 31.9 Å². The van der Waals surface area contributed by atoms with Crippen LogP contribution < -0.4 is 5.32 Å². The third-order valence-electron chi connectivity index (χ3n) is 4.01. The van der Waals surface area contributed by atoms with Crippen molar-refractivity contribution in [2.24, 2.45) is 0 Å². The number of carboxylic acid groups (broad SMARTS) is 1. The number of aromatic nitrogens is 2. The molecule has 0 bridgehead atoms. The number of amides is 1. The molecule has 10 heteroatoms. The largest absolute Gasteiger partial charge is 0.493 e. The van der Waals surface area contributed by atoms with Crippen molar-refractivity contribution in [1.82, 2.24) is 15.1 Å². The number of halogens is 3. The predicted molar refractivity (Wildman–Crippen MR) is 99.1 cm³/mol. The van der Waals surface area contributed by atoms with Crippen LogP contribution in [0.2, 0.25) is 5.02 Å². The maximum atomic E-state index is 14.1. The van der Waals surface area contributed by atoms with Crippen LogP contribution in [-0.2, 0) is 4.79 Å². The minimum Gasteiger partial charge on any atom is -0.493 e. The first-order chi connectivity index (χ1) is 13.7. The van der Waals surface area contributed by atoms with Crippen molar-refractivity contribution in [2.45, 2.75) is 12.5 Å². The van der Waals surface area contributed by atoms with E-state index in [1.54, 1.807) is 24.3 Å². The van der Waals surface area contributed by atoms with E-state index in [0.29, 0.717) is 10.7 Å². The monoisotopic (exact) mass is 421 g/mol. The summed E-state index contributed by atoms with van der Waals surface area (Å²) >= 11 is 5.81. The average molecular weight is 422 g/mol. The molecule has 1 heterocycles. The van der Waals surface area contributed by atoms with Gasteiger partial charge in [-0.15, -0.1) is 0 Å². The van der Waals surface area contributed by atoms with Crippen molar-refractivity contribution in [3.63, 3.8) is 0 Å². The van der Waals surface area contributed by atoms with E-state index in [1.165, 1.54) is 0 Å². The molecule has 0 spiro atoms. The second kappa shape index (κ2) is 8.27. The van der Waals surface area contributed by atoms with Crippen molar-refractivity contribution in [2.75, 3.05) is 0 Å². The molecule has 3 N–H and O–H groups in total. The van der Waals surface area contributed by atoms with Crippen LogP contribution in [0.25, 0.3) is 5.69 Å². The van der Waals surface area contributed by atoms with Gasteiger partial charge in [0.15, 0.2) is 5.69 Å². The molecular weight excluding hydrogens is 408 g/mol. The molecule has 0 fully saturated rings. The molecule has 0 aliphatic rings. The fourth-order valence-electron chi connectivity index (χ4n) is 2.68. The molecule has 29 heavy (non-hydrogen) atoms. The van der Waals surface area contributed by atoms with Crippen LogP contribution in [0.3, 0.4) is 0 Å². The zero-order valence-electron chi connectivity index (χ0n) is 14.6. The third-order valence-corrected chi connectivity index (χ3v) is 4.26. The van der Waals surface area contributed by atoms with E-state index in [2.05, 4.69) is 10.4 Å². The Labute approximate surface area is 168 Å². The van der Waals surface area contributed by atoms with Gasteiger partial charge in [0, 0.05) is 16.7 Å². The Morgan fingerprint density at radius 2 is 1.83 bits per heavy atom. The van der Waals surface area contributed by atoms with E-state index in [9.17, 15) is 23.5 Å². The molecule has 7 nitrogen and oxygen atoms in total. The number of hydrogen-bond acceptors (Lipinski definition) is 4. The molecule has 0 saturated heterocycles. The summed E-state index contributed by atoms with van der Waals surface area (Å²) in [5.74, 6) is -4.20. The van der Waals surface area contributed by atoms with Crippen molar-refractivity contribution in [3.8, 4) is 11.6 Å². The fourth-order valence-corrected chi connectivity index (χ4v) is 2.81. The van der Waals surface area contributed by atoms with Gasteiger partial charge in [0.25, 0.3) is 5.91 Å². The summed E-state index contributed by atoms with van der Waals surface area (Å²) < 4.78 is 28.6. The van der Waals surface area contributed by atoms with Gasteiger partial charge in [-0.05, 0) is 42.5 Å². The second-order valence-electron chi connectivity index (χ2n) is 6.07. The predicted octanol–water partition coefficient (Wildman–Crippen LogP) is 3.46. The van der Waals surface area contributed by atoms with Crippen LogP contribution in [0, 0.1) is 11.6 Å². The summed E-state index contributed by atoms with van der Waals surface area (Å²) in [5.41, 5.74) is -0.143. The number of rotatable bonds is 6. The smallest absolute Gasteiger partial charge is 0.305 e. The van der Waals surface area contributed by atoms with Crippen molar-refractivity contribution in [3.05, 3.63) is 76.4 Å². The molecular formula is C19H14ClF2N3O4. The Balaban J connectivity index is 1.88. The number of carboxylic acids is 1. The molecule has 2 aromatic carbocycles. The highest BCUT2D eigenvalue weighted by atomic mass is 35.5. The Hall–Kier alpha value is -3.46. The maximum Gasteiger partial charge on any atom is 0.305 e. The van der Waals surface area contributed by atoms with Gasteiger partial charge in [0.1, 0.15) is 11.6 Å². The molecule has 1 unspecified atom stereocenters. The zero-order valence-corrected chi connectivity index (χ0v) is 15.4. The second-order valence-corrected chi connectivity index (χ2v) is 6.50. The normalized spacial score (nSPS) is 11.8.